The summed E-state index contributed by atoms with van der Waals surface area (Å²) in [5, 5.41) is 3.25. The first kappa shape index (κ1) is 10.4. The van der Waals surface area contributed by atoms with Crippen molar-refractivity contribution in [2.45, 2.75) is 5.92 Å². The smallest absolute Gasteiger partial charge is 0.208 e. The number of rotatable bonds is 3. The van der Waals surface area contributed by atoms with E-state index in [-0.39, 0.29) is 5.92 Å². The van der Waals surface area contributed by atoms with Gasteiger partial charge in [0.15, 0.2) is 0 Å². The zero-order valence-electron chi connectivity index (χ0n) is 8.53. The number of hydrogen-bond donors (Lipinski definition) is 2. The predicted octanol–water partition coefficient (Wildman–Crippen LogP) is 0.745. The summed E-state index contributed by atoms with van der Waals surface area (Å²) in [5.74, 6) is 0.232. The van der Waals surface area contributed by atoms with Crippen LogP contribution in [0.1, 0.15) is 11.5 Å². The van der Waals surface area contributed by atoms with Gasteiger partial charge in [0, 0.05) is 24.7 Å². The Balaban J connectivity index is 2.08. The van der Waals surface area contributed by atoms with Crippen molar-refractivity contribution >= 4 is 15.7 Å². The summed E-state index contributed by atoms with van der Waals surface area (Å²) in [6, 6.07) is 7.98. The first-order valence-electron chi connectivity index (χ1n) is 4.84. The maximum atomic E-state index is 11.0. The van der Waals surface area contributed by atoms with Crippen LogP contribution in [0.15, 0.2) is 24.3 Å². The number of anilines is 1. The average molecular weight is 226 g/mol. The Morgan fingerprint density at radius 2 is 2.20 bits per heavy atom. The second-order valence-electron chi connectivity index (χ2n) is 3.79. The Bertz CT molecular complexity index is 456. The van der Waals surface area contributed by atoms with Crippen LogP contribution in [0, 0.1) is 0 Å². The fourth-order valence-corrected chi connectivity index (χ4v) is 2.30. The van der Waals surface area contributed by atoms with Gasteiger partial charge in [0.2, 0.25) is 10.0 Å². The lowest BCUT2D eigenvalue weighted by Gasteiger charge is -2.09. The number of nitrogens with one attached hydrogen (secondary N) is 2. The third kappa shape index (κ3) is 2.49. The van der Waals surface area contributed by atoms with Gasteiger partial charge < -0.3 is 5.32 Å². The van der Waals surface area contributed by atoms with Crippen molar-refractivity contribution in [2.75, 3.05) is 24.7 Å². The highest BCUT2D eigenvalue weighted by molar-refractivity contribution is 7.88. The van der Waals surface area contributed by atoms with Gasteiger partial charge in [0.05, 0.1) is 6.26 Å². The number of fused-ring (bicyclic) bond motifs is 1. The highest BCUT2D eigenvalue weighted by Crippen LogP contribution is 2.30. The largest absolute Gasteiger partial charge is 0.384 e. The van der Waals surface area contributed by atoms with Gasteiger partial charge in [-0.2, -0.15) is 0 Å². The number of benzene rings is 1. The highest BCUT2D eigenvalue weighted by Gasteiger charge is 2.21. The molecular formula is C10H14N2O2S. The zero-order chi connectivity index (χ0) is 10.9. The molecule has 1 atom stereocenters. The average Bonchev–Trinajstić information content (AvgIpc) is 2.57. The van der Waals surface area contributed by atoms with E-state index in [2.05, 4.69) is 10.0 Å². The Morgan fingerprint density at radius 3 is 2.93 bits per heavy atom. The van der Waals surface area contributed by atoms with E-state index in [4.69, 9.17) is 0 Å². The normalized spacial score (nSPS) is 19.7. The molecule has 1 heterocycles. The molecule has 82 valence electrons. The lowest BCUT2D eigenvalue weighted by atomic mass is 10.0. The van der Waals surface area contributed by atoms with Gasteiger partial charge in [-0.1, -0.05) is 18.2 Å². The van der Waals surface area contributed by atoms with Crippen molar-refractivity contribution in [3.8, 4) is 0 Å². The molecule has 0 saturated carbocycles. The van der Waals surface area contributed by atoms with E-state index in [0.717, 1.165) is 12.2 Å². The lowest BCUT2D eigenvalue weighted by Crippen LogP contribution is -2.28. The molecule has 0 fully saturated rings. The quantitative estimate of drug-likeness (QED) is 0.799. The van der Waals surface area contributed by atoms with E-state index in [1.54, 1.807) is 0 Å². The van der Waals surface area contributed by atoms with Crippen LogP contribution in [0.2, 0.25) is 0 Å². The van der Waals surface area contributed by atoms with Crippen molar-refractivity contribution in [3.63, 3.8) is 0 Å². The third-order valence-corrected chi connectivity index (χ3v) is 3.22. The summed E-state index contributed by atoms with van der Waals surface area (Å²) in [6.07, 6.45) is 1.18. The van der Waals surface area contributed by atoms with Gasteiger partial charge in [0.25, 0.3) is 0 Å². The fourth-order valence-electron chi connectivity index (χ4n) is 1.79. The van der Waals surface area contributed by atoms with Crippen molar-refractivity contribution in [3.05, 3.63) is 29.8 Å². The lowest BCUT2D eigenvalue weighted by molar-refractivity contribution is 0.581. The van der Waals surface area contributed by atoms with Crippen LogP contribution in [0.3, 0.4) is 0 Å². The fraction of sp³-hybridized carbons (Fsp3) is 0.400. The van der Waals surface area contributed by atoms with Gasteiger partial charge >= 0.3 is 0 Å². The van der Waals surface area contributed by atoms with Crippen LogP contribution < -0.4 is 10.0 Å². The summed E-state index contributed by atoms with van der Waals surface area (Å²) < 4.78 is 24.5. The van der Waals surface area contributed by atoms with Crippen LogP contribution in [-0.2, 0) is 10.0 Å². The van der Waals surface area contributed by atoms with E-state index in [1.807, 2.05) is 24.3 Å². The predicted molar refractivity (Wildman–Crippen MR) is 60.5 cm³/mol. The standard InChI is InChI=1S/C10H14N2O2S/c1-15(13,14)12-7-8-6-11-10-5-3-2-4-9(8)10/h2-5,8,11-12H,6-7H2,1H3. The van der Waals surface area contributed by atoms with Crippen molar-refractivity contribution in [1.29, 1.82) is 0 Å². The molecule has 0 spiro atoms. The summed E-state index contributed by atoms with van der Waals surface area (Å²) in [6.45, 7) is 1.25. The Labute approximate surface area is 89.7 Å². The van der Waals surface area contributed by atoms with Gasteiger partial charge in [-0.05, 0) is 11.6 Å². The molecule has 2 N–H and O–H groups in total. The molecule has 5 heteroatoms. The highest BCUT2D eigenvalue weighted by atomic mass is 32.2. The van der Waals surface area contributed by atoms with Crippen LogP contribution in [0.25, 0.3) is 0 Å². The molecule has 1 aromatic carbocycles. The van der Waals surface area contributed by atoms with Crippen LogP contribution >= 0.6 is 0 Å². The maximum Gasteiger partial charge on any atom is 0.208 e. The SMILES string of the molecule is CS(=O)(=O)NCC1CNc2ccccc21. The van der Waals surface area contributed by atoms with Crippen molar-refractivity contribution < 1.29 is 8.42 Å². The van der Waals surface area contributed by atoms with E-state index >= 15 is 0 Å². The van der Waals surface area contributed by atoms with E-state index in [9.17, 15) is 8.42 Å². The summed E-state index contributed by atoms with van der Waals surface area (Å²) in [7, 11) is -3.09. The van der Waals surface area contributed by atoms with Gasteiger partial charge in [-0.3, -0.25) is 0 Å². The molecule has 1 aliphatic rings. The van der Waals surface area contributed by atoms with Gasteiger partial charge in [-0.15, -0.1) is 0 Å². The van der Waals surface area contributed by atoms with E-state index in [1.165, 1.54) is 11.8 Å². The number of para-hydroxylation sites is 1. The van der Waals surface area contributed by atoms with Crippen LogP contribution in [0.5, 0.6) is 0 Å². The first-order chi connectivity index (χ1) is 7.06. The summed E-state index contributed by atoms with van der Waals surface area (Å²) >= 11 is 0. The minimum Gasteiger partial charge on any atom is -0.384 e. The molecule has 1 aliphatic heterocycles. The molecule has 0 bridgehead atoms. The van der Waals surface area contributed by atoms with Crippen LogP contribution in [0.4, 0.5) is 5.69 Å². The molecular weight excluding hydrogens is 212 g/mol. The Morgan fingerprint density at radius 1 is 1.47 bits per heavy atom. The summed E-state index contributed by atoms with van der Waals surface area (Å²) in [4.78, 5) is 0. The topological polar surface area (TPSA) is 58.2 Å². The molecule has 0 amide bonds. The molecule has 0 aliphatic carbocycles. The molecule has 4 nitrogen and oxygen atoms in total. The second kappa shape index (κ2) is 3.83. The van der Waals surface area contributed by atoms with Gasteiger partial charge in [0.1, 0.15) is 0 Å². The van der Waals surface area contributed by atoms with E-state index < -0.39 is 10.0 Å². The molecule has 0 radical (unpaired) electrons. The number of sulfonamides is 1. The Kier molecular flexibility index (Phi) is 2.67. The third-order valence-electron chi connectivity index (χ3n) is 2.53. The summed E-state index contributed by atoms with van der Waals surface area (Å²) in [5.41, 5.74) is 2.30. The molecule has 15 heavy (non-hydrogen) atoms. The molecule has 0 aromatic heterocycles. The van der Waals surface area contributed by atoms with Crippen LogP contribution in [-0.4, -0.2) is 27.8 Å². The zero-order valence-corrected chi connectivity index (χ0v) is 9.34. The molecule has 1 unspecified atom stereocenters. The molecule has 1 aromatic rings. The first-order valence-corrected chi connectivity index (χ1v) is 6.73. The monoisotopic (exact) mass is 226 g/mol. The Hall–Kier alpha value is -1.07. The second-order valence-corrected chi connectivity index (χ2v) is 5.62. The molecule has 2 rings (SSSR count). The van der Waals surface area contributed by atoms with E-state index in [0.29, 0.717) is 6.54 Å². The minimum atomic E-state index is -3.09. The number of hydrogen-bond acceptors (Lipinski definition) is 3. The molecule has 0 saturated heterocycles. The van der Waals surface area contributed by atoms with Crippen molar-refractivity contribution in [1.82, 2.24) is 4.72 Å². The minimum absolute atomic E-state index is 0.232. The van der Waals surface area contributed by atoms with Crippen molar-refractivity contribution in [2.24, 2.45) is 0 Å². The maximum absolute atomic E-state index is 11.0. The van der Waals surface area contributed by atoms with Gasteiger partial charge in [-0.25, -0.2) is 13.1 Å².